The standard InChI is InChI=1S/C14H21ClN2.C13H14Cl2O2/c1-10(2)12-8-13(15)14(16-9-12)17-6-4-11(3)5-7-17;1-7(2)9-5-11(14)10(12(15)6-9)4-8(3)13(16)17/h8-11H,4-7H2,1-3H3;4-7H,1-3H3,(H,16,17)/b;8-4+. The molecule has 1 saturated heterocycles. The van der Waals surface area contributed by atoms with Gasteiger partial charge in [0.05, 0.1) is 5.02 Å². The van der Waals surface area contributed by atoms with Crippen LogP contribution < -0.4 is 4.90 Å². The van der Waals surface area contributed by atoms with E-state index in [1.807, 2.05) is 32.2 Å². The van der Waals surface area contributed by atoms with E-state index in [-0.39, 0.29) is 5.57 Å². The van der Waals surface area contributed by atoms with Crippen LogP contribution in [-0.4, -0.2) is 29.1 Å². The third-order valence-electron chi connectivity index (χ3n) is 6.06. The average Bonchev–Trinajstić information content (AvgIpc) is 2.76. The lowest BCUT2D eigenvalue weighted by Crippen LogP contribution is -2.33. The summed E-state index contributed by atoms with van der Waals surface area (Å²) < 4.78 is 0. The van der Waals surface area contributed by atoms with Crippen molar-refractivity contribution >= 4 is 52.7 Å². The predicted octanol–water partition coefficient (Wildman–Crippen LogP) is 8.70. The highest BCUT2D eigenvalue weighted by molar-refractivity contribution is 6.37. The molecular formula is C27H35Cl3N2O2. The molecule has 1 fully saturated rings. The number of rotatable bonds is 5. The highest BCUT2D eigenvalue weighted by Gasteiger charge is 2.19. The van der Waals surface area contributed by atoms with E-state index in [0.29, 0.717) is 27.4 Å². The van der Waals surface area contributed by atoms with Crippen molar-refractivity contribution in [2.45, 2.75) is 66.2 Å². The molecule has 3 rings (SSSR count). The number of carboxylic acid groups (broad SMARTS) is 1. The lowest BCUT2D eigenvalue weighted by molar-refractivity contribution is -0.132. The van der Waals surface area contributed by atoms with Gasteiger partial charge in [-0.1, -0.05) is 69.4 Å². The molecule has 0 unspecified atom stereocenters. The van der Waals surface area contributed by atoms with E-state index in [4.69, 9.17) is 39.9 Å². The van der Waals surface area contributed by atoms with E-state index in [1.54, 1.807) is 0 Å². The number of nitrogens with zero attached hydrogens (tertiary/aromatic N) is 2. The quantitative estimate of drug-likeness (QED) is 0.397. The van der Waals surface area contributed by atoms with Crippen molar-refractivity contribution in [2.75, 3.05) is 18.0 Å². The van der Waals surface area contributed by atoms with Gasteiger partial charge in [-0.05, 0) is 72.9 Å². The number of piperidine rings is 1. The topological polar surface area (TPSA) is 53.4 Å². The van der Waals surface area contributed by atoms with E-state index < -0.39 is 5.97 Å². The largest absolute Gasteiger partial charge is 0.478 e. The zero-order valence-corrected chi connectivity index (χ0v) is 23.1. The Labute approximate surface area is 218 Å². The summed E-state index contributed by atoms with van der Waals surface area (Å²) in [6, 6.07) is 5.70. The van der Waals surface area contributed by atoms with Crippen LogP contribution >= 0.6 is 34.8 Å². The number of benzene rings is 1. The second-order valence-corrected chi connectivity index (χ2v) is 10.8. The van der Waals surface area contributed by atoms with Gasteiger partial charge in [-0.25, -0.2) is 9.78 Å². The Hall–Kier alpha value is -1.75. The summed E-state index contributed by atoms with van der Waals surface area (Å²) in [5.74, 6) is 1.62. The monoisotopic (exact) mass is 524 g/mol. The van der Waals surface area contributed by atoms with Gasteiger partial charge < -0.3 is 10.0 Å². The fourth-order valence-corrected chi connectivity index (χ4v) is 4.48. The maximum Gasteiger partial charge on any atom is 0.331 e. The van der Waals surface area contributed by atoms with Gasteiger partial charge in [0.2, 0.25) is 0 Å². The summed E-state index contributed by atoms with van der Waals surface area (Å²) >= 11 is 18.6. The van der Waals surface area contributed by atoms with Gasteiger partial charge in [-0.3, -0.25) is 0 Å². The second-order valence-electron chi connectivity index (χ2n) is 9.58. The number of aliphatic carboxylic acids is 1. The number of aromatic nitrogens is 1. The first-order valence-electron chi connectivity index (χ1n) is 11.7. The molecule has 0 spiro atoms. The van der Waals surface area contributed by atoms with Gasteiger partial charge in [-0.2, -0.15) is 0 Å². The molecule has 34 heavy (non-hydrogen) atoms. The summed E-state index contributed by atoms with van der Waals surface area (Å²) in [5.41, 5.74) is 3.00. The van der Waals surface area contributed by atoms with E-state index in [9.17, 15) is 4.79 Å². The van der Waals surface area contributed by atoms with Crippen LogP contribution in [0.25, 0.3) is 6.08 Å². The molecule has 0 atom stereocenters. The highest BCUT2D eigenvalue weighted by atomic mass is 35.5. The lowest BCUT2D eigenvalue weighted by Gasteiger charge is -2.31. The van der Waals surface area contributed by atoms with Gasteiger partial charge in [0.25, 0.3) is 0 Å². The summed E-state index contributed by atoms with van der Waals surface area (Å²) in [7, 11) is 0. The molecule has 4 nitrogen and oxygen atoms in total. The van der Waals surface area contributed by atoms with Crippen molar-refractivity contribution in [1.29, 1.82) is 0 Å². The Morgan fingerprint density at radius 1 is 1.00 bits per heavy atom. The Bertz CT molecular complexity index is 1000. The summed E-state index contributed by atoms with van der Waals surface area (Å²) in [5, 5.41) is 10.6. The van der Waals surface area contributed by atoms with E-state index in [2.05, 4.69) is 36.7 Å². The Morgan fingerprint density at radius 2 is 1.50 bits per heavy atom. The van der Waals surface area contributed by atoms with Crippen molar-refractivity contribution in [2.24, 2.45) is 5.92 Å². The van der Waals surface area contributed by atoms with E-state index >= 15 is 0 Å². The first kappa shape index (κ1) is 28.5. The molecule has 1 aliphatic heterocycles. The van der Waals surface area contributed by atoms with Crippen molar-refractivity contribution in [1.82, 2.24) is 4.98 Å². The molecule has 7 heteroatoms. The molecule has 2 aromatic rings. The predicted molar refractivity (Wildman–Crippen MR) is 146 cm³/mol. The molecule has 0 bridgehead atoms. The highest BCUT2D eigenvalue weighted by Crippen LogP contribution is 2.32. The Balaban J connectivity index is 0.000000240. The Kier molecular flexibility index (Phi) is 10.7. The molecule has 0 amide bonds. The molecule has 1 aromatic carbocycles. The molecule has 186 valence electrons. The molecule has 1 N–H and O–H groups in total. The SMILES string of the molecule is C/C(=C\c1c(Cl)cc(C(C)C)cc1Cl)C(=O)O.CC1CCN(c2ncc(C(C)C)cc2Cl)CC1. The number of pyridine rings is 1. The lowest BCUT2D eigenvalue weighted by atomic mass is 9.99. The number of hydrogen-bond donors (Lipinski definition) is 1. The molecule has 1 aliphatic rings. The first-order valence-corrected chi connectivity index (χ1v) is 12.8. The van der Waals surface area contributed by atoms with Gasteiger partial charge >= 0.3 is 5.97 Å². The van der Waals surface area contributed by atoms with Gasteiger partial charge in [0, 0.05) is 40.5 Å². The molecule has 0 aliphatic carbocycles. The van der Waals surface area contributed by atoms with Crippen molar-refractivity contribution in [3.63, 3.8) is 0 Å². The fourth-order valence-electron chi connectivity index (χ4n) is 3.57. The third-order valence-corrected chi connectivity index (χ3v) is 6.96. The normalized spacial score (nSPS) is 14.9. The number of anilines is 1. The van der Waals surface area contributed by atoms with Crippen LogP contribution in [0.1, 0.15) is 82.9 Å². The molecular weight excluding hydrogens is 491 g/mol. The minimum absolute atomic E-state index is 0.200. The molecule has 0 radical (unpaired) electrons. The number of carbonyl (C=O) groups is 1. The number of hydrogen-bond acceptors (Lipinski definition) is 3. The zero-order chi connectivity index (χ0) is 25.6. The van der Waals surface area contributed by atoms with Crippen molar-refractivity contribution < 1.29 is 9.90 Å². The van der Waals surface area contributed by atoms with Crippen LogP contribution in [0.2, 0.25) is 15.1 Å². The van der Waals surface area contributed by atoms with Gasteiger partial charge in [-0.15, -0.1) is 0 Å². The average molecular weight is 526 g/mol. The van der Waals surface area contributed by atoms with E-state index in [0.717, 1.165) is 35.4 Å². The van der Waals surface area contributed by atoms with Crippen LogP contribution in [-0.2, 0) is 4.79 Å². The van der Waals surface area contributed by atoms with Crippen molar-refractivity contribution in [3.8, 4) is 0 Å². The first-order chi connectivity index (χ1) is 15.9. The van der Waals surface area contributed by atoms with Gasteiger partial charge in [0.1, 0.15) is 5.82 Å². The van der Waals surface area contributed by atoms with Gasteiger partial charge in [0.15, 0.2) is 0 Å². The van der Waals surface area contributed by atoms with Crippen LogP contribution in [0.4, 0.5) is 5.82 Å². The van der Waals surface area contributed by atoms with E-state index in [1.165, 1.54) is 31.4 Å². The van der Waals surface area contributed by atoms with Crippen LogP contribution in [0.3, 0.4) is 0 Å². The zero-order valence-electron chi connectivity index (χ0n) is 20.8. The molecule has 1 aromatic heterocycles. The fraction of sp³-hybridized carbons (Fsp3) is 0.481. The minimum Gasteiger partial charge on any atom is -0.478 e. The van der Waals surface area contributed by atoms with Crippen molar-refractivity contribution in [3.05, 3.63) is 61.7 Å². The molecule has 0 saturated carbocycles. The van der Waals surface area contributed by atoms with Crippen LogP contribution in [0, 0.1) is 5.92 Å². The van der Waals surface area contributed by atoms with Crippen LogP contribution in [0.15, 0.2) is 30.0 Å². The number of halogens is 3. The second kappa shape index (κ2) is 12.8. The maximum absolute atomic E-state index is 10.7. The Morgan fingerprint density at radius 3 is 1.94 bits per heavy atom. The summed E-state index contributed by atoms with van der Waals surface area (Å²) in [4.78, 5) is 17.6. The molecule has 2 heterocycles. The number of carboxylic acids is 1. The maximum atomic E-state index is 10.7. The summed E-state index contributed by atoms with van der Waals surface area (Å²) in [6.45, 7) is 14.4. The minimum atomic E-state index is -0.981. The third kappa shape index (κ3) is 7.90. The summed E-state index contributed by atoms with van der Waals surface area (Å²) in [6.07, 6.45) is 5.93. The van der Waals surface area contributed by atoms with Crippen LogP contribution in [0.5, 0.6) is 0 Å². The smallest absolute Gasteiger partial charge is 0.331 e.